The van der Waals surface area contributed by atoms with E-state index in [0.29, 0.717) is 11.7 Å². The molecule has 0 radical (unpaired) electrons. The zero-order valence-electron chi connectivity index (χ0n) is 17.4. The van der Waals surface area contributed by atoms with Crippen LogP contribution in [0.1, 0.15) is 40.5 Å². The van der Waals surface area contributed by atoms with Crippen molar-refractivity contribution >= 4 is 27.3 Å². The third-order valence-corrected chi connectivity index (χ3v) is 6.38. The first-order valence-electron chi connectivity index (χ1n) is 9.78. The summed E-state index contributed by atoms with van der Waals surface area (Å²) in [6, 6.07) is 8.79. The predicted octanol–water partition coefficient (Wildman–Crippen LogP) is 3.29. The van der Waals surface area contributed by atoms with E-state index in [9.17, 15) is 13.2 Å². The largest absolute Gasteiger partial charge is 0.480 e. The summed E-state index contributed by atoms with van der Waals surface area (Å²) in [4.78, 5) is 16.4. The summed E-state index contributed by atoms with van der Waals surface area (Å²) < 4.78 is 35.8. The molecule has 0 unspecified atom stereocenters. The maximum absolute atomic E-state index is 13.1. The topological polar surface area (TPSA) is 115 Å². The Morgan fingerprint density at radius 3 is 2.55 bits per heavy atom. The molecule has 0 atom stereocenters. The molecular weight excluding hydrogens is 418 g/mol. The number of amides is 1. The maximum Gasteiger partial charge on any atom is 0.276 e. The number of carbonyl (C=O) groups is 1. The quantitative estimate of drug-likeness (QED) is 0.581. The van der Waals surface area contributed by atoms with Gasteiger partial charge >= 0.3 is 0 Å². The number of nitrogens with one attached hydrogen (secondary N) is 2. The molecule has 9 nitrogen and oxygen atoms in total. The molecule has 1 fully saturated rings. The van der Waals surface area contributed by atoms with Crippen LogP contribution in [0.25, 0.3) is 0 Å². The van der Waals surface area contributed by atoms with E-state index in [1.807, 2.05) is 32.0 Å². The van der Waals surface area contributed by atoms with Gasteiger partial charge in [0.15, 0.2) is 10.6 Å². The fourth-order valence-electron chi connectivity index (χ4n) is 3.21. The summed E-state index contributed by atoms with van der Waals surface area (Å²) in [7, 11) is -2.69. The molecule has 2 aromatic heterocycles. The average Bonchev–Trinajstić information content (AvgIpc) is 3.47. The molecule has 1 aliphatic rings. The number of anilines is 2. The number of nitrogens with zero attached hydrogens (tertiary/aromatic N) is 3. The van der Waals surface area contributed by atoms with E-state index in [0.717, 1.165) is 24.0 Å². The van der Waals surface area contributed by atoms with Crippen LogP contribution < -0.4 is 14.8 Å². The fourth-order valence-corrected chi connectivity index (χ4v) is 4.56. The number of hydrogen-bond donors (Lipinski definition) is 2. The van der Waals surface area contributed by atoms with Crippen molar-refractivity contribution in [1.29, 1.82) is 0 Å². The Morgan fingerprint density at radius 2 is 1.90 bits per heavy atom. The van der Waals surface area contributed by atoms with Crippen LogP contribution in [-0.2, 0) is 10.0 Å². The highest BCUT2D eigenvalue weighted by atomic mass is 32.2. The molecule has 0 bridgehead atoms. The van der Waals surface area contributed by atoms with E-state index < -0.39 is 15.9 Å². The van der Waals surface area contributed by atoms with E-state index in [4.69, 9.17) is 4.74 Å². The van der Waals surface area contributed by atoms with E-state index in [2.05, 4.69) is 20.1 Å². The Kier molecular flexibility index (Phi) is 5.40. The first kappa shape index (κ1) is 20.9. The van der Waals surface area contributed by atoms with E-state index in [1.165, 1.54) is 19.4 Å². The van der Waals surface area contributed by atoms with Gasteiger partial charge in [-0.2, -0.15) is 5.10 Å². The smallest absolute Gasteiger partial charge is 0.276 e. The molecule has 162 valence electrons. The van der Waals surface area contributed by atoms with Gasteiger partial charge < -0.3 is 10.1 Å². The second-order valence-electron chi connectivity index (χ2n) is 7.47. The second-order valence-corrected chi connectivity index (χ2v) is 9.12. The molecule has 4 rings (SSSR count). The summed E-state index contributed by atoms with van der Waals surface area (Å²) in [6.07, 6.45) is 5.22. The Bertz CT molecular complexity index is 1230. The number of aryl methyl sites for hydroxylation is 2. The van der Waals surface area contributed by atoms with Gasteiger partial charge in [0, 0.05) is 6.20 Å². The van der Waals surface area contributed by atoms with Crippen LogP contribution in [0.15, 0.2) is 47.6 Å². The van der Waals surface area contributed by atoms with Crippen molar-refractivity contribution in [3.63, 3.8) is 0 Å². The van der Waals surface area contributed by atoms with Gasteiger partial charge in [-0.3, -0.25) is 14.2 Å². The maximum atomic E-state index is 13.1. The number of methoxy groups -OCH3 is 1. The number of carbonyl (C=O) groups excluding carboxylic acids is 1. The van der Waals surface area contributed by atoms with Gasteiger partial charge in [-0.15, -0.1) is 0 Å². The lowest BCUT2D eigenvalue weighted by atomic mass is 10.1. The highest BCUT2D eigenvalue weighted by Crippen LogP contribution is 2.34. The van der Waals surface area contributed by atoms with E-state index in [1.54, 1.807) is 16.9 Å². The molecule has 1 amide bonds. The summed E-state index contributed by atoms with van der Waals surface area (Å²) in [5.41, 5.74) is 2.52. The van der Waals surface area contributed by atoms with Crippen molar-refractivity contribution in [2.45, 2.75) is 37.6 Å². The molecule has 2 heterocycles. The number of pyridine rings is 1. The normalized spacial score (nSPS) is 13.6. The fraction of sp³-hybridized carbons (Fsp3) is 0.286. The predicted molar refractivity (Wildman–Crippen MR) is 116 cm³/mol. The average molecular weight is 442 g/mol. The van der Waals surface area contributed by atoms with Gasteiger partial charge in [-0.25, -0.2) is 13.4 Å². The van der Waals surface area contributed by atoms with Crippen molar-refractivity contribution in [2.24, 2.45) is 0 Å². The number of aromatic nitrogens is 3. The Hall–Kier alpha value is -3.40. The number of hydrogen-bond acceptors (Lipinski definition) is 6. The first-order valence-corrected chi connectivity index (χ1v) is 11.3. The van der Waals surface area contributed by atoms with Crippen molar-refractivity contribution in [3.05, 3.63) is 59.5 Å². The van der Waals surface area contributed by atoms with E-state index >= 15 is 0 Å². The molecule has 1 saturated carbocycles. The molecule has 3 aromatic rings. The lowest BCUT2D eigenvalue weighted by molar-refractivity contribution is 0.102. The van der Waals surface area contributed by atoms with Crippen LogP contribution in [-0.4, -0.2) is 36.2 Å². The number of para-hydroxylation sites is 1. The lowest BCUT2D eigenvalue weighted by Gasteiger charge is -2.15. The molecule has 1 aromatic carbocycles. The minimum absolute atomic E-state index is 0.0743. The van der Waals surface area contributed by atoms with Crippen LogP contribution in [0.5, 0.6) is 5.88 Å². The summed E-state index contributed by atoms with van der Waals surface area (Å²) >= 11 is 0. The summed E-state index contributed by atoms with van der Waals surface area (Å²) in [6.45, 7) is 3.63. The number of rotatable bonds is 7. The third-order valence-electron chi connectivity index (χ3n) is 5.04. The van der Waals surface area contributed by atoms with Crippen LogP contribution in [0.4, 0.5) is 11.4 Å². The van der Waals surface area contributed by atoms with Crippen LogP contribution in [0, 0.1) is 13.8 Å². The molecule has 1 aliphatic carbocycles. The lowest BCUT2D eigenvalue weighted by Crippen LogP contribution is -2.18. The van der Waals surface area contributed by atoms with Crippen LogP contribution >= 0.6 is 0 Å². The standard InChI is InChI=1S/C21H23N5O4S/c1-13-5-4-6-14(2)19(13)25-31(28,29)18-11-15(12-22-21(18)30-3)23-20(27)17-9-10-26(24-17)16-7-8-16/h4-6,9-12,16,25H,7-8H2,1-3H3,(H,23,27). The molecule has 31 heavy (non-hydrogen) atoms. The van der Waals surface area contributed by atoms with Crippen LogP contribution in [0.3, 0.4) is 0 Å². The molecule has 0 saturated heterocycles. The zero-order valence-corrected chi connectivity index (χ0v) is 18.2. The zero-order chi connectivity index (χ0) is 22.2. The monoisotopic (exact) mass is 441 g/mol. The van der Waals surface area contributed by atoms with Gasteiger partial charge in [-0.1, -0.05) is 18.2 Å². The minimum Gasteiger partial charge on any atom is -0.480 e. The van der Waals surface area contributed by atoms with Gasteiger partial charge in [0.05, 0.1) is 30.7 Å². The summed E-state index contributed by atoms with van der Waals surface area (Å²) in [5.74, 6) is -0.521. The highest BCUT2D eigenvalue weighted by molar-refractivity contribution is 7.92. The molecule has 2 N–H and O–H groups in total. The van der Waals surface area contributed by atoms with Crippen molar-refractivity contribution < 1.29 is 17.9 Å². The van der Waals surface area contributed by atoms with Crippen molar-refractivity contribution in [1.82, 2.24) is 14.8 Å². The third kappa shape index (κ3) is 4.38. The van der Waals surface area contributed by atoms with Crippen molar-refractivity contribution in [2.75, 3.05) is 17.1 Å². The molecule has 10 heteroatoms. The first-order chi connectivity index (χ1) is 14.8. The van der Waals surface area contributed by atoms with Crippen molar-refractivity contribution in [3.8, 4) is 5.88 Å². The molecule has 0 spiro atoms. The molecule has 0 aliphatic heterocycles. The summed E-state index contributed by atoms with van der Waals surface area (Å²) in [5, 5.41) is 6.93. The van der Waals surface area contributed by atoms with Gasteiger partial charge in [0.2, 0.25) is 5.88 Å². The van der Waals surface area contributed by atoms with Gasteiger partial charge in [0.1, 0.15) is 0 Å². The number of ether oxygens (including phenoxy) is 1. The second kappa shape index (κ2) is 8.03. The van der Waals surface area contributed by atoms with E-state index in [-0.39, 0.29) is 22.2 Å². The Balaban J connectivity index is 1.61. The molecular formula is C21H23N5O4S. The van der Waals surface area contributed by atoms with Crippen LogP contribution in [0.2, 0.25) is 0 Å². The number of benzene rings is 1. The highest BCUT2D eigenvalue weighted by Gasteiger charge is 2.26. The number of sulfonamides is 1. The minimum atomic E-state index is -4.03. The van der Waals surface area contributed by atoms with Gasteiger partial charge in [0.25, 0.3) is 15.9 Å². The Labute approximate surface area is 180 Å². The Morgan fingerprint density at radius 1 is 1.19 bits per heavy atom. The van der Waals surface area contributed by atoms with Gasteiger partial charge in [-0.05, 0) is 49.9 Å². The SMILES string of the molecule is COc1ncc(NC(=O)c2ccn(C3CC3)n2)cc1S(=O)(=O)Nc1c(C)cccc1C.